The van der Waals surface area contributed by atoms with Crippen molar-refractivity contribution in [2.75, 3.05) is 6.26 Å². The Kier molecular flexibility index (Phi) is 4.70. The lowest BCUT2D eigenvalue weighted by Crippen LogP contribution is -2.33. The molecule has 2 rings (SSSR count). The van der Waals surface area contributed by atoms with Gasteiger partial charge in [0.05, 0.1) is 5.25 Å². The van der Waals surface area contributed by atoms with E-state index in [1.165, 1.54) is 19.1 Å². The molecule has 0 amide bonds. The van der Waals surface area contributed by atoms with Gasteiger partial charge in [-0.2, -0.15) is 0 Å². The Hall–Kier alpha value is -0.380. The molecule has 4 atom stereocenters. The van der Waals surface area contributed by atoms with E-state index in [1.54, 1.807) is 0 Å². The van der Waals surface area contributed by atoms with Gasteiger partial charge in [-0.15, -0.1) is 0 Å². The van der Waals surface area contributed by atoms with Crippen LogP contribution >= 0.6 is 0 Å². The summed E-state index contributed by atoms with van der Waals surface area (Å²) in [7, 11) is -2.98. The average molecular weight is 286 g/mol. The SMILES string of the molecule is CCC1CCC(C(=O)C2CCCC(S(C)(=O)=O)C2)C1. The van der Waals surface area contributed by atoms with E-state index < -0.39 is 9.84 Å². The largest absolute Gasteiger partial charge is 0.299 e. The van der Waals surface area contributed by atoms with E-state index in [1.807, 2.05) is 0 Å². The van der Waals surface area contributed by atoms with Crippen LogP contribution in [0.1, 0.15) is 58.3 Å². The summed E-state index contributed by atoms with van der Waals surface area (Å²) in [4.78, 5) is 12.5. The summed E-state index contributed by atoms with van der Waals surface area (Å²) in [6.45, 7) is 2.19. The second-order valence-corrected chi connectivity index (χ2v) is 8.83. The second kappa shape index (κ2) is 5.94. The van der Waals surface area contributed by atoms with E-state index in [2.05, 4.69) is 6.92 Å². The minimum absolute atomic E-state index is 0.00841. The van der Waals surface area contributed by atoms with Gasteiger partial charge in [0.25, 0.3) is 0 Å². The zero-order valence-electron chi connectivity index (χ0n) is 12.1. The maximum atomic E-state index is 12.5. The predicted octanol–water partition coefficient (Wildman–Crippen LogP) is 2.99. The Morgan fingerprint density at radius 2 is 1.74 bits per heavy atom. The van der Waals surface area contributed by atoms with E-state index in [-0.39, 0.29) is 17.1 Å². The Labute approximate surface area is 117 Å². The van der Waals surface area contributed by atoms with E-state index in [0.29, 0.717) is 18.1 Å². The van der Waals surface area contributed by atoms with Crippen molar-refractivity contribution in [2.24, 2.45) is 17.8 Å². The summed E-state index contributed by atoms with van der Waals surface area (Å²) in [6, 6.07) is 0. The maximum absolute atomic E-state index is 12.5. The molecule has 2 aliphatic carbocycles. The van der Waals surface area contributed by atoms with Crippen molar-refractivity contribution in [3.63, 3.8) is 0 Å². The third-order valence-electron chi connectivity index (χ3n) is 5.15. The fourth-order valence-corrected chi connectivity index (χ4v) is 5.01. The maximum Gasteiger partial charge on any atom is 0.150 e. The molecule has 0 saturated heterocycles. The number of rotatable bonds is 4. The first-order chi connectivity index (χ1) is 8.91. The fourth-order valence-electron chi connectivity index (χ4n) is 3.83. The molecule has 0 heterocycles. The minimum atomic E-state index is -2.98. The van der Waals surface area contributed by atoms with Gasteiger partial charge in [0.15, 0.2) is 0 Å². The zero-order chi connectivity index (χ0) is 14.0. The van der Waals surface area contributed by atoms with Gasteiger partial charge in [-0.3, -0.25) is 4.79 Å². The van der Waals surface area contributed by atoms with Crippen molar-refractivity contribution in [1.29, 1.82) is 0 Å². The molecule has 0 aliphatic heterocycles. The van der Waals surface area contributed by atoms with Gasteiger partial charge in [0, 0.05) is 18.1 Å². The lowest BCUT2D eigenvalue weighted by molar-refractivity contribution is -0.127. The summed E-state index contributed by atoms with van der Waals surface area (Å²) in [5.41, 5.74) is 0. The van der Waals surface area contributed by atoms with Crippen LogP contribution in [-0.4, -0.2) is 25.7 Å². The molecule has 2 saturated carbocycles. The number of ketones is 1. The molecular weight excluding hydrogens is 260 g/mol. The van der Waals surface area contributed by atoms with E-state index >= 15 is 0 Å². The Bertz CT molecular complexity index is 427. The van der Waals surface area contributed by atoms with Crippen LogP contribution in [0.4, 0.5) is 0 Å². The second-order valence-electron chi connectivity index (χ2n) is 6.50. The standard InChI is InChI=1S/C15H26O3S/c1-3-11-7-8-13(9-11)15(16)12-5-4-6-14(10-12)19(2,17)18/h11-14H,3-10H2,1-2H3. The van der Waals surface area contributed by atoms with Gasteiger partial charge in [-0.05, 0) is 44.4 Å². The highest BCUT2D eigenvalue weighted by atomic mass is 32.2. The molecule has 110 valence electrons. The lowest BCUT2D eigenvalue weighted by Gasteiger charge is -2.28. The van der Waals surface area contributed by atoms with Crippen molar-refractivity contribution in [1.82, 2.24) is 0 Å². The summed E-state index contributed by atoms with van der Waals surface area (Å²) in [5, 5.41) is -0.279. The molecule has 0 N–H and O–H groups in total. The van der Waals surface area contributed by atoms with Gasteiger partial charge in [0.1, 0.15) is 15.6 Å². The van der Waals surface area contributed by atoms with Crippen molar-refractivity contribution in [2.45, 2.75) is 63.5 Å². The molecule has 0 aromatic rings. The smallest absolute Gasteiger partial charge is 0.150 e. The number of sulfone groups is 1. The van der Waals surface area contributed by atoms with Crippen molar-refractivity contribution >= 4 is 15.6 Å². The highest BCUT2D eigenvalue weighted by Gasteiger charge is 2.37. The van der Waals surface area contributed by atoms with Crippen LogP contribution in [0.5, 0.6) is 0 Å². The van der Waals surface area contributed by atoms with E-state index in [4.69, 9.17) is 0 Å². The van der Waals surface area contributed by atoms with E-state index in [0.717, 1.165) is 32.1 Å². The lowest BCUT2D eigenvalue weighted by atomic mass is 9.80. The van der Waals surface area contributed by atoms with Crippen molar-refractivity contribution in [3.8, 4) is 0 Å². The van der Waals surface area contributed by atoms with Gasteiger partial charge >= 0.3 is 0 Å². The summed E-state index contributed by atoms with van der Waals surface area (Å²) in [5.74, 6) is 1.30. The first kappa shape index (κ1) is 15.0. The van der Waals surface area contributed by atoms with Crippen LogP contribution < -0.4 is 0 Å². The number of carbonyl (C=O) groups is 1. The molecule has 2 aliphatic rings. The monoisotopic (exact) mass is 286 g/mol. The highest BCUT2D eigenvalue weighted by Crippen LogP contribution is 2.38. The number of hydrogen-bond donors (Lipinski definition) is 0. The number of hydrogen-bond acceptors (Lipinski definition) is 3. The van der Waals surface area contributed by atoms with Crippen molar-refractivity contribution in [3.05, 3.63) is 0 Å². The molecule has 0 radical (unpaired) electrons. The number of Topliss-reactive ketones (excluding diaryl/α,β-unsaturated/α-hetero) is 1. The molecule has 4 heteroatoms. The van der Waals surface area contributed by atoms with E-state index in [9.17, 15) is 13.2 Å². The highest BCUT2D eigenvalue weighted by molar-refractivity contribution is 7.91. The molecule has 4 unspecified atom stereocenters. The Morgan fingerprint density at radius 1 is 1.05 bits per heavy atom. The van der Waals surface area contributed by atoms with Crippen LogP contribution in [0.25, 0.3) is 0 Å². The topological polar surface area (TPSA) is 51.2 Å². The normalized spacial score (nSPS) is 36.3. The molecule has 0 spiro atoms. The van der Waals surface area contributed by atoms with Gasteiger partial charge in [-0.1, -0.05) is 19.8 Å². The molecule has 3 nitrogen and oxygen atoms in total. The molecular formula is C15H26O3S. The van der Waals surface area contributed by atoms with Crippen LogP contribution in [0.3, 0.4) is 0 Å². The fraction of sp³-hybridized carbons (Fsp3) is 0.933. The third kappa shape index (κ3) is 3.59. The van der Waals surface area contributed by atoms with Crippen LogP contribution in [0.2, 0.25) is 0 Å². The van der Waals surface area contributed by atoms with Gasteiger partial charge in [-0.25, -0.2) is 8.42 Å². The predicted molar refractivity (Wildman–Crippen MR) is 76.7 cm³/mol. The zero-order valence-corrected chi connectivity index (χ0v) is 12.9. The minimum Gasteiger partial charge on any atom is -0.299 e. The Morgan fingerprint density at radius 3 is 2.32 bits per heavy atom. The Balaban J connectivity index is 1.96. The quantitative estimate of drug-likeness (QED) is 0.798. The number of carbonyl (C=O) groups excluding carboxylic acids is 1. The van der Waals surface area contributed by atoms with Crippen LogP contribution in [-0.2, 0) is 14.6 Å². The first-order valence-electron chi connectivity index (χ1n) is 7.64. The van der Waals surface area contributed by atoms with Crippen molar-refractivity contribution < 1.29 is 13.2 Å². The van der Waals surface area contributed by atoms with Gasteiger partial charge in [0.2, 0.25) is 0 Å². The van der Waals surface area contributed by atoms with Crippen LogP contribution in [0.15, 0.2) is 0 Å². The summed E-state index contributed by atoms with van der Waals surface area (Å²) in [6.07, 6.45) is 8.82. The van der Waals surface area contributed by atoms with Crippen LogP contribution in [0, 0.1) is 17.8 Å². The molecule has 0 aromatic carbocycles. The molecule has 0 bridgehead atoms. The first-order valence-corrected chi connectivity index (χ1v) is 9.59. The summed E-state index contributed by atoms with van der Waals surface area (Å²) < 4.78 is 23.3. The molecule has 19 heavy (non-hydrogen) atoms. The average Bonchev–Trinajstić information content (AvgIpc) is 2.86. The molecule has 2 fully saturated rings. The summed E-state index contributed by atoms with van der Waals surface area (Å²) >= 11 is 0. The van der Waals surface area contributed by atoms with Gasteiger partial charge < -0.3 is 0 Å². The third-order valence-corrected chi connectivity index (χ3v) is 6.79. The molecule has 0 aromatic heterocycles.